The minimum atomic E-state index is -1.16. The molecular formula is C33H51N3O7. The number of fused-ring (bicyclic) bond motifs is 1. The van der Waals surface area contributed by atoms with Crippen molar-refractivity contribution in [1.29, 1.82) is 0 Å². The van der Waals surface area contributed by atoms with E-state index in [0.717, 1.165) is 32.1 Å². The van der Waals surface area contributed by atoms with Gasteiger partial charge in [-0.1, -0.05) is 45.3 Å². The van der Waals surface area contributed by atoms with Crippen molar-refractivity contribution >= 4 is 23.7 Å². The van der Waals surface area contributed by atoms with Gasteiger partial charge in [-0.15, -0.1) is 13.2 Å². The number of nitrogens with one attached hydrogen (secondary N) is 1. The molecule has 2 N–H and O–H groups in total. The quantitative estimate of drug-likeness (QED) is 0.218. The Bertz CT molecular complexity index is 1060. The summed E-state index contributed by atoms with van der Waals surface area (Å²) in [5, 5.41) is 13.3. The lowest BCUT2D eigenvalue weighted by atomic mass is 9.70. The second-order valence-electron chi connectivity index (χ2n) is 13.2. The number of aliphatic hydroxyl groups is 1. The predicted molar refractivity (Wildman–Crippen MR) is 162 cm³/mol. The van der Waals surface area contributed by atoms with Gasteiger partial charge in [0.1, 0.15) is 17.7 Å². The Morgan fingerprint density at radius 2 is 1.88 bits per heavy atom. The highest BCUT2D eigenvalue weighted by atomic mass is 16.6. The number of carbonyl (C=O) groups excluding carboxylic acids is 4. The van der Waals surface area contributed by atoms with Crippen molar-refractivity contribution < 1.29 is 33.8 Å². The van der Waals surface area contributed by atoms with E-state index in [0.29, 0.717) is 38.6 Å². The van der Waals surface area contributed by atoms with Crippen LogP contribution in [0.15, 0.2) is 25.3 Å². The molecule has 0 radical (unpaired) electrons. The summed E-state index contributed by atoms with van der Waals surface area (Å²) in [6.45, 7) is 13.5. The molecule has 43 heavy (non-hydrogen) atoms. The van der Waals surface area contributed by atoms with Crippen molar-refractivity contribution in [2.24, 2.45) is 17.8 Å². The molecule has 0 aromatic heterocycles. The highest BCUT2D eigenvalue weighted by Gasteiger charge is 2.75. The van der Waals surface area contributed by atoms with Crippen LogP contribution in [0.3, 0.4) is 0 Å². The Labute approximate surface area is 256 Å². The fourth-order valence-electron chi connectivity index (χ4n) is 7.86. The maximum absolute atomic E-state index is 14.7. The van der Waals surface area contributed by atoms with Crippen LogP contribution < -0.4 is 5.32 Å². The largest absolute Gasteiger partial charge is 0.460 e. The zero-order valence-electron chi connectivity index (χ0n) is 26.2. The fraction of sp³-hybridized carbons (Fsp3) is 0.758. The van der Waals surface area contributed by atoms with E-state index in [1.54, 1.807) is 24.0 Å². The minimum absolute atomic E-state index is 0.0474. The Kier molecular flexibility index (Phi) is 11.1. The van der Waals surface area contributed by atoms with Gasteiger partial charge in [0.15, 0.2) is 0 Å². The third kappa shape index (κ3) is 6.70. The lowest BCUT2D eigenvalue weighted by molar-refractivity contribution is -0.160. The molecule has 240 valence electrons. The molecule has 1 saturated carbocycles. The summed E-state index contributed by atoms with van der Waals surface area (Å²) in [7, 11) is 0. The highest BCUT2D eigenvalue weighted by Crippen LogP contribution is 2.59. The molecule has 1 spiro atoms. The molecule has 4 aliphatic rings. The van der Waals surface area contributed by atoms with E-state index < -0.39 is 47.7 Å². The lowest BCUT2D eigenvalue weighted by Gasteiger charge is -2.42. The summed E-state index contributed by atoms with van der Waals surface area (Å²) in [6.07, 6.45) is 9.65. The lowest BCUT2D eigenvalue weighted by Crippen LogP contribution is -2.60. The van der Waals surface area contributed by atoms with E-state index in [2.05, 4.69) is 18.5 Å². The van der Waals surface area contributed by atoms with E-state index in [1.807, 2.05) is 18.7 Å². The van der Waals surface area contributed by atoms with Gasteiger partial charge in [0.05, 0.1) is 37.1 Å². The van der Waals surface area contributed by atoms with Crippen molar-refractivity contribution in [2.75, 3.05) is 19.7 Å². The van der Waals surface area contributed by atoms with E-state index in [1.165, 1.54) is 0 Å². The molecule has 3 amide bonds. The molecule has 10 heteroatoms. The van der Waals surface area contributed by atoms with E-state index in [4.69, 9.17) is 9.47 Å². The Hall–Kier alpha value is -2.72. The summed E-state index contributed by atoms with van der Waals surface area (Å²) in [5.41, 5.74) is -1.16. The van der Waals surface area contributed by atoms with E-state index >= 15 is 0 Å². The van der Waals surface area contributed by atoms with Crippen LogP contribution in [0.2, 0.25) is 0 Å². The summed E-state index contributed by atoms with van der Waals surface area (Å²) >= 11 is 0. The molecule has 3 aliphatic heterocycles. The number of esters is 1. The number of carbonyl (C=O) groups is 4. The van der Waals surface area contributed by atoms with Crippen LogP contribution in [0, 0.1) is 17.8 Å². The molecule has 4 rings (SSSR count). The molecule has 10 nitrogen and oxygen atoms in total. The number of hydrogen-bond acceptors (Lipinski definition) is 7. The Morgan fingerprint density at radius 3 is 2.51 bits per heavy atom. The molecule has 0 aromatic carbocycles. The van der Waals surface area contributed by atoms with Crippen LogP contribution in [-0.4, -0.2) is 94.2 Å². The first kappa shape index (κ1) is 33.2. The third-order valence-electron chi connectivity index (χ3n) is 9.70. The molecular weight excluding hydrogens is 550 g/mol. The normalized spacial score (nSPS) is 29.7. The van der Waals surface area contributed by atoms with Crippen LogP contribution in [-0.2, 0) is 28.7 Å². The van der Waals surface area contributed by atoms with Crippen LogP contribution in [0.25, 0.3) is 0 Å². The van der Waals surface area contributed by atoms with Gasteiger partial charge < -0.3 is 29.7 Å². The Morgan fingerprint density at radius 1 is 1.16 bits per heavy atom. The zero-order valence-corrected chi connectivity index (χ0v) is 26.2. The minimum Gasteiger partial charge on any atom is -0.460 e. The summed E-state index contributed by atoms with van der Waals surface area (Å²) < 4.78 is 12.4. The van der Waals surface area contributed by atoms with Gasteiger partial charge in [-0.05, 0) is 51.4 Å². The van der Waals surface area contributed by atoms with Crippen LogP contribution in [0.4, 0.5) is 0 Å². The SMILES string of the molecule is C=CCCC(=O)NC[C@H](C)OC(=O)[C@@H]1[C@H]2C(=O)N([C@@H](CO)CC(C)C)[C@H](C(=O)N(CC=C)C3CCCCC3)[C@]23CC[C@H]1O3. The number of hydrogen-bond donors (Lipinski definition) is 2. The van der Waals surface area contributed by atoms with Crippen molar-refractivity contribution in [3.63, 3.8) is 0 Å². The number of amides is 3. The number of rotatable bonds is 15. The van der Waals surface area contributed by atoms with E-state index in [9.17, 15) is 24.3 Å². The van der Waals surface area contributed by atoms with Crippen molar-refractivity contribution in [1.82, 2.24) is 15.1 Å². The van der Waals surface area contributed by atoms with Gasteiger partial charge in [-0.2, -0.15) is 0 Å². The molecule has 0 unspecified atom stereocenters. The van der Waals surface area contributed by atoms with Crippen molar-refractivity contribution in [2.45, 2.75) is 121 Å². The van der Waals surface area contributed by atoms with Crippen molar-refractivity contribution in [3.05, 3.63) is 25.3 Å². The van der Waals surface area contributed by atoms with Gasteiger partial charge in [-0.25, -0.2) is 0 Å². The first-order valence-electron chi connectivity index (χ1n) is 16.2. The fourth-order valence-corrected chi connectivity index (χ4v) is 7.86. The monoisotopic (exact) mass is 601 g/mol. The second-order valence-corrected chi connectivity index (χ2v) is 13.2. The third-order valence-corrected chi connectivity index (χ3v) is 9.70. The molecule has 1 aliphatic carbocycles. The van der Waals surface area contributed by atoms with Crippen LogP contribution in [0.1, 0.15) is 85.0 Å². The Balaban J connectivity index is 1.62. The van der Waals surface area contributed by atoms with Crippen LogP contribution in [0.5, 0.6) is 0 Å². The first-order valence-corrected chi connectivity index (χ1v) is 16.2. The maximum Gasteiger partial charge on any atom is 0.312 e. The number of allylic oxidation sites excluding steroid dienone is 1. The van der Waals surface area contributed by atoms with Crippen LogP contribution >= 0.6 is 0 Å². The van der Waals surface area contributed by atoms with Crippen molar-refractivity contribution in [3.8, 4) is 0 Å². The standard InChI is InChI=1S/C33H51N3O7/c1-6-8-14-26(38)34-19-22(5)42-32(41)27-25-15-16-33(43-25)28(27)30(39)36(24(20-37)18-21(3)4)29(33)31(40)35(17-7-2)23-12-10-9-11-13-23/h6-7,21-25,27-29,37H,1-2,8-20H2,3-5H3,(H,34,38)/t22-,24+,25+,27-,28-,29+,33-/m0/s1. The maximum atomic E-state index is 14.7. The topological polar surface area (TPSA) is 125 Å². The number of ether oxygens (including phenoxy) is 2. The number of nitrogens with zero attached hydrogens (tertiary/aromatic N) is 2. The average molecular weight is 602 g/mol. The molecule has 7 atom stereocenters. The molecule has 4 fully saturated rings. The first-order chi connectivity index (χ1) is 20.6. The predicted octanol–water partition coefficient (Wildman–Crippen LogP) is 3.13. The van der Waals surface area contributed by atoms with Gasteiger partial charge in [0, 0.05) is 19.0 Å². The summed E-state index contributed by atoms with van der Waals surface area (Å²) in [6, 6.07) is -1.47. The molecule has 0 aromatic rings. The zero-order chi connectivity index (χ0) is 31.3. The van der Waals surface area contributed by atoms with E-state index in [-0.39, 0.29) is 42.8 Å². The summed E-state index contributed by atoms with van der Waals surface area (Å²) in [4.78, 5) is 58.2. The molecule has 3 heterocycles. The number of likely N-dealkylation sites (tertiary alicyclic amines) is 1. The van der Waals surface area contributed by atoms with Gasteiger partial charge in [0.2, 0.25) is 17.7 Å². The average Bonchev–Trinajstić information content (AvgIpc) is 3.63. The highest BCUT2D eigenvalue weighted by molar-refractivity contribution is 5.98. The number of aliphatic hydroxyl groups excluding tert-OH is 1. The van der Waals surface area contributed by atoms with Gasteiger partial charge >= 0.3 is 5.97 Å². The summed E-state index contributed by atoms with van der Waals surface area (Å²) in [5.74, 6) is -2.78. The smallest absolute Gasteiger partial charge is 0.312 e. The molecule has 2 bridgehead atoms. The van der Waals surface area contributed by atoms with Gasteiger partial charge in [0.25, 0.3) is 0 Å². The second kappa shape index (κ2) is 14.4. The van der Waals surface area contributed by atoms with Gasteiger partial charge in [-0.3, -0.25) is 19.2 Å². The molecule has 3 saturated heterocycles.